The van der Waals surface area contributed by atoms with Gasteiger partial charge < -0.3 is 9.84 Å². The monoisotopic (exact) mass is 196 g/mol. The summed E-state index contributed by atoms with van der Waals surface area (Å²) in [6, 6.07) is 0. The minimum Gasteiger partial charge on any atom is -0.481 e. The van der Waals surface area contributed by atoms with E-state index in [1.54, 1.807) is 6.92 Å². The van der Waals surface area contributed by atoms with E-state index in [1.807, 2.05) is 6.92 Å². The van der Waals surface area contributed by atoms with E-state index in [-0.39, 0.29) is 6.42 Å². The van der Waals surface area contributed by atoms with Gasteiger partial charge in [-0.15, -0.1) is 0 Å². The van der Waals surface area contributed by atoms with Gasteiger partial charge in [0.15, 0.2) is 0 Å². The van der Waals surface area contributed by atoms with Crippen molar-refractivity contribution in [2.45, 2.75) is 20.3 Å². The lowest BCUT2D eigenvalue weighted by molar-refractivity contribution is -0.136. The first-order chi connectivity index (χ1) is 5.04. The quantitative estimate of drug-likeness (QED) is 0.521. The molecule has 66 valence electrons. The van der Waals surface area contributed by atoms with Crippen molar-refractivity contribution in [3.05, 3.63) is 0 Å². The van der Waals surface area contributed by atoms with E-state index in [1.165, 1.54) is 0 Å². The molecule has 11 heavy (non-hydrogen) atoms. The SMILES string of the molecule is CCC(=O)O.CCOC(=S)S. The Labute approximate surface area is 77.2 Å². The molecular formula is C6H12O3S2. The van der Waals surface area contributed by atoms with Gasteiger partial charge in [-0.2, -0.15) is 0 Å². The highest BCUT2D eigenvalue weighted by Gasteiger charge is 1.80. The van der Waals surface area contributed by atoms with E-state index in [0.717, 1.165) is 0 Å². The molecule has 0 atom stereocenters. The molecule has 0 aliphatic rings. The van der Waals surface area contributed by atoms with Gasteiger partial charge in [-0.1, -0.05) is 19.6 Å². The van der Waals surface area contributed by atoms with Crippen molar-refractivity contribution in [1.82, 2.24) is 0 Å². The van der Waals surface area contributed by atoms with E-state index < -0.39 is 5.97 Å². The predicted octanol–water partition coefficient (Wildman–Crippen LogP) is 1.72. The van der Waals surface area contributed by atoms with Gasteiger partial charge >= 0.3 is 5.97 Å². The Kier molecular flexibility index (Phi) is 11.7. The zero-order valence-corrected chi connectivity index (χ0v) is 8.24. The Balaban J connectivity index is 0. The fourth-order valence-electron chi connectivity index (χ4n) is 0.123. The zero-order valence-electron chi connectivity index (χ0n) is 6.53. The maximum atomic E-state index is 9.37. The highest BCUT2D eigenvalue weighted by molar-refractivity contribution is 8.10. The molecule has 0 aliphatic carbocycles. The summed E-state index contributed by atoms with van der Waals surface area (Å²) in [6.45, 7) is 4.08. The first-order valence-corrected chi connectivity index (χ1v) is 3.97. The maximum Gasteiger partial charge on any atom is 0.303 e. The van der Waals surface area contributed by atoms with Crippen LogP contribution in [0.15, 0.2) is 0 Å². The summed E-state index contributed by atoms with van der Waals surface area (Å²) in [5, 5.41) is 7.72. The molecule has 0 saturated heterocycles. The summed E-state index contributed by atoms with van der Waals surface area (Å²) in [5.41, 5.74) is 0. The van der Waals surface area contributed by atoms with E-state index >= 15 is 0 Å². The number of thiocarbonyl (C=S) groups is 1. The van der Waals surface area contributed by atoms with Gasteiger partial charge in [-0.25, -0.2) is 0 Å². The minimum atomic E-state index is -0.745. The molecule has 0 radical (unpaired) electrons. The van der Waals surface area contributed by atoms with Gasteiger partial charge in [0.05, 0.1) is 6.61 Å². The van der Waals surface area contributed by atoms with Gasteiger partial charge in [-0.3, -0.25) is 4.79 Å². The van der Waals surface area contributed by atoms with E-state index in [2.05, 4.69) is 29.6 Å². The number of thiol groups is 1. The lowest BCUT2D eigenvalue weighted by Gasteiger charge is -1.92. The third-order valence-corrected chi connectivity index (χ3v) is 0.817. The Morgan fingerprint density at radius 3 is 2.00 bits per heavy atom. The standard InChI is InChI=1S/C3H6O2.C3H6OS2/c1-2-3(4)5;1-2-4-3(5)6/h2H2,1H3,(H,4,5);2H2,1H3,(H,5,6). The van der Waals surface area contributed by atoms with Gasteiger partial charge in [0.25, 0.3) is 0 Å². The molecule has 0 rings (SSSR count). The molecule has 5 heteroatoms. The summed E-state index contributed by atoms with van der Waals surface area (Å²) < 4.78 is 4.95. The summed E-state index contributed by atoms with van der Waals surface area (Å²) in [6.07, 6.45) is 0.222. The van der Waals surface area contributed by atoms with Crippen LogP contribution < -0.4 is 0 Å². The molecule has 0 heterocycles. The molecule has 0 amide bonds. The van der Waals surface area contributed by atoms with Crippen molar-refractivity contribution in [1.29, 1.82) is 0 Å². The van der Waals surface area contributed by atoms with Gasteiger partial charge in [0, 0.05) is 6.42 Å². The highest BCUT2D eigenvalue weighted by atomic mass is 32.1. The van der Waals surface area contributed by atoms with Crippen LogP contribution in [0.3, 0.4) is 0 Å². The predicted molar refractivity (Wildman–Crippen MR) is 51.1 cm³/mol. The van der Waals surface area contributed by atoms with Crippen LogP contribution in [0.1, 0.15) is 20.3 Å². The second-order valence-electron chi connectivity index (χ2n) is 1.45. The molecule has 0 bridgehead atoms. The van der Waals surface area contributed by atoms with Gasteiger partial charge in [0.2, 0.25) is 4.38 Å². The van der Waals surface area contributed by atoms with Crippen LogP contribution in [0.2, 0.25) is 0 Å². The molecule has 0 aromatic rings. The van der Waals surface area contributed by atoms with E-state index in [0.29, 0.717) is 11.0 Å². The fourth-order valence-corrected chi connectivity index (χ4v) is 0.370. The number of carbonyl (C=O) groups is 1. The zero-order chi connectivity index (χ0) is 9.28. The Hall–Kier alpha value is -0.290. The second kappa shape index (κ2) is 9.71. The first-order valence-electron chi connectivity index (χ1n) is 3.12. The highest BCUT2D eigenvalue weighted by Crippen LogP contribution is 1.83. The summed E-state index contributed by atoms with van der Waals surface area (Å²) in [5.74, 6) is -0.745. The molecule has 0 aromatic carbocycles. The third kappa shape index (κ3) is 26.0. The number of carboxylic acids is 1. The fraction of sp³-hybridized carbons (Fsp3) is 0.667. The minimum absolute atomic E-state index is 0.222. The maximum absolute atomic E-state index is 9.37. The smallest absolute Gasteiger partial charge is 0.303 e. The molecule has 0 spiro atoms. The molecule has 0 fully saturated rings. The molecule has 0 unspecified atom stereocenters. The molecule has 0 aromatic heterocycles. The van der Waals surface area contributed by atoms with Crippen molar-refractivity contribution in [3.63, 3.8) is 0 Å². The van der Waals surface area contributed by atoms with Crippen LogP contribution in [-0.2, 0) is 9.53 Å². The van der Waals surface area contributed by atoms with Crippen molar-refractivity contribution < 1.29 is 14.6 Å². The van der Waals surface area contributed by atoms with Gasteiger partial charge in [-0.05, 0) is 19.1 Å². The van der Waals surface area contributed by atoms with Crippen molar-refractivity contribution in [2.24, 2.45) is 0 Å². The number of aliphatic carboxylic acids is 1. The molecule has 1 N–H and O–H groups in total. The normalized spacial score (nSPS) is 7.55. The molecular weight excluding hydrogens is 184 g/mol. The average Bonchev–Trinajstić information content (AvgIpc) is 1.89. The number of hydrogen-bond acceptors (Lipinski definition) is 3. The Morgan fingerprint density at radius 1 is 1.64 bits per heavy atom. The molecule has 0 aliphatic heterocycles. The van der Waals surface area contributed by atoms with Crippen LogP contribution in [0.25, 0.3) is 0 Å². The molecule has 0 saturated carbocycles. The van der Waals surface area contributed by atoms with Crippen LogP contribution in [0.4, 0.5) is 0 Å². The van der Waals surface area contributed by atoms with Crippen molar-refractivity contribution in [3.8, 4) is 0 Å². The largest absolute Gasteiger partial charge is 0.481 e. The van der Waals surface area contributed by atoms with Gasteiger partial charge in [0.1, 0.15) is 0 Å². The van der Waals surface area contributed by atoms with Crippen LogP contribution in [-0.4, -0.2) is 22.1 Å². The Bertz CT molecular complexity index is 125. The topological polar surface area (TPSA) is 46.5 Å². The summed E-state index contributed by atoms with van der Waals surface area (Å²) >= 11 is 8.12. The lowest BCUT2D eigenvalue weighted by Crippen LogP contribution is -1.89. The van der Waals surface area contributed by atoms with Crippen LogP contribution in [0, 0.1) is 0 Å². The number of ether oxygens (including phenoxy) is 1. The third-order valence-electron chi connectivity index (χ3n) is 0.570. The van der Waals surface area contributed by atoms with Crippen molar-refractivity contribution in [2.75, 3.05) is 6.61 Å². The van der Waals surface area contributed by atoms with E-state index in [4.69, 9.17) is 5.11 Å². The summed E-state index contributed by atoms with van der Waals surface area (Å²) in [4.78, 5) is 9.37. The lowest BCUT2D eigenvalue weighted by atomic mass is 10.5. The Morgan fingerprint density at radius 2 is 2.00 bits per heavy atom. The molecule has 3 nitrogen and oxygen atoms in total. The number of carboxylic acid groups (broad SMARTS) is 1. The number of rotatable bonds is 2. The second-order valence-corrected chi connectivity index (χ2v) is 2.53. The first kappa shape index (κ1) is 13.3. The average molecular weight is 196 g/mol. The van der Waals surface area contributed by atoms with Crippen LogP contribution in [0.5, 0.6) is 0 Å². The van der Waals surface area contributed by atoms with E-state index in [9.17, 15) is 4.79 Å². The van der Waals surface area contributed by atoms with Crippen molar-refractivity contribution >= 4 is 35.2 Å². The summed E-state index contributed by atoms with van der Waals surface area (Å²) in [7, 11) is 0. The van der Waals surface area contributed by atoms with Crippen LogP contribution >= 0.6 is 24.8 Å². The number of hydrogen-bond donors (Lipinski definition) is 2.